The number of rotatable bonds is 3. The van der Waals surface area contributed by atoms with Gasteiger partial charge in [0.05, 0.1) is 18.7 Å². The van der Waals surface area contributed by atoms with E-state index in [2.05, 4.69) is 12.1 Å². The molecule has 0 aromatic heterocycles. The molecule has 4 nitrogen and oxygen atoms in total. The van der Waals surface area contributed by atoms with Gasteiger partial charge in [0.25, 0.3) is 0 Å². The largest absolute Gasteiger partial charge is 0.496 e. The average Bonchev–Trinajstić information content (AvgIpc) is 2.96. The third-order valence-corrected chi connectivity index (χ3v) is 4.40. The van der Waals surface area contributed by atoms with Gasteiger partial charge in [-0.1, -0.05) is 12.1 Å². The topological polar surface area (TPSA) is 56.5 Å². The quantitative estimate of drug-likeness (QED) is 0.946. The van der Waals surface area contributed by atoms with Crippen LogP contribution >= 0.6 is 0 Å². The maximum absolute atomic E-state index is 10.9. The van der Waals surface area contributed by atoms with Crippen molar-refractivity contribution in [1.82, 2.24) is 4.90 Å². The number of benzene rings is 2. The number of fused-ring (bicyclic) bond motifs is 1. The van der Waals surface area contributed by atoms with Crippen LogP contribution in [0.15, 0.2) is 30.3 Å². The van der Waals surface area contributed by atoms with E-state index in [0.29, 0.717) is 24.4 Å². The molecule has 0 bridgehead atoms. The van der Waals surface area contributed by atoms with Crippen molar-refractivity contribution in [3.05, 3.63) is 63.7 Å². The van der Waals surface area contributed by atoms with Crippen molar-refractivity contribution in [2.24, 2.45) is 0 Å². The molecule has 23 heavy (non-hydrogen) atoms. The number of ether oxygens (including phenoxy) is 1. The summed E-state index contributed by atoms with van der Waals surface area (Å²) in [5.41, 5.74) is 5.86. The van der Waals surface area contributed by atoms with E-state index in [1.807, 2.05) is 43.0 Å². The lowest BCUT2D eigenvalue weighted by molar-refractivity contribution is -0.00380. The van der Waals surface area contributed by atoms with Crippen LogP contribution in [0.4, 0.5) is 0 Å². The Morgan fingerprint density at radius 3 is 2.61 bits per heavy atom. The Morgan fingerprint density at radius 2 is 1.91 bits per heavy atom. The Labute approximate surface area is 136 Å². The minimum absolute atomic E-state index is 0.627. The molecule has 0 radical (unpaired) electrons. The summed E-state index contributed by atoms with van der Waals surface area (Å²) in [6.07, 6.45) is -0.733. The molecule has 0 saturated heterocycles. The third-order valence-electron chi connectivity index (χ3n) is 4.40. The van der Waals surface area contributed by atoms with Crippen molar-refractivity contribution in [2.75, 3.05) is 7.11 Å². The highest BCUT2D eigenvalue weighted by Crippen LogP contribution is 2.36. The molecule has 1 N–H and O–H groups in total. The Balaban J connectivity index is 1.91. The zero-order valence-electron chi connectivity index (χ0n) is 13.6. The van der Waals surface area contributed by atoms with Crippen molar-refractivity contribution in [2.45, 2.75) is 33.2 Å². The standard InChI is InChI=1S/C19H20N2O2/c1-12-6-13(2)18(17(7-12)23-3)19(22)21-10-15-5-4-14(9-20)8-16(15)11-21/h4-8,19,22H,10-11H2,1-3H3. The van der Waals surface area contributed by atoms with Crippen LogP contribution in [0.5, 0.6) is 5.75 Å². The maximum atomic E-state index is 10.9. The fraction of sp³-hybridized carbons (Fsp3) is 0.316. The van der Waals surface area contributed by atoms with Gasteiger partial charge in [0.2, 0.25) is 0 Å². The van der Waals surface area contributed by atoms with Crippen LogP contribution in [0.1, 0.15) is 39.6 Å². The molecule has 2 aromatic rings. The summed E-state index contributed by atoms with van der Waals surface area (Å²) in [5.74, 6) is 0.712. The highest BCUT2D eigenvalue weighted by atomic mass is 16.5. The molecule has 4 heteroatoms. The van der Waals surface area contributed by atoms with E-state index in [0.717, 1.165) is 27.8 Å². The summed E-state index contributed by atoms with van der Waals surface area (Å²) in [5, 5.41) is 19.9. The summed E-state index contributed by atoms with van der Waals surface area (Å²) in [4.78, 5) is 1.99. The molecule has 0 saturated carbocycles. The van der Waals surface area contributed by atoms with Gasteiger partial charge in [0.1, 0.15) is 12.0 Å². The molecule has 1 aliphatic heterocycles. The van der Waals surface area contributed by atoms with Gasteiger partial charge in [-0.15, -0.1) is 0 Å². The van der Waals surface area contributed by atoms with Crippen molar-refractivity contribution in [1.29, 1.82) is 5.26 Å². The minimum Gasteiger partial charge on any atom is -0.496 e. The molecule has 1 aliphatic rings. The van der Waals surface area contributed by atoms with E-state index in [9.17, 15) is 5.11 Å². The van der Waals surface area contributed by atoms with E-state index in [1.165, 1.54) is 0 Å². The Morgan fingerprint density at radius 1 is 1.17 bits per heavy atom. The molecular weight excluding hydrogens is 288 g/mol. The first-order valence-corrected chi connectivity index (χ1v) is 7.62. The second-order valence-electron chi connectivity index (χ2n) is 6.07. The molecule has 0 amide bonds. The van der Waals surface area contributed by atoms with Gasteiger partial charge in [-0.2, -0.15) is 5.26 Å². The number of aliphatic hydroxyl groups is 1. The second kappa shape index (κ2) is 6.04. The fourth-order valence-corrected chi connectivity index (χ4v) is 3.29. The van der Waals surface area contributed by atoms with Crippen LogP contribution in [-0.4, -0.2) is 17.1 Å². The summed E-state index contributed by atoms with van der Waals surface area (Å²) in [6.45, 7) is 5.30. The first kappa shape index (κ1) is 15.5. The third kappa shape index (κ3) is 2.81. The molecule has 1 unspecified atom stereocenters. The van der Waals surface area contributed by atoms with Crippen molar-refractivity contribution in [3.63, 3.8) is 0 Å². The molecule has 3 rings (SSSR count). The zero-order valence-corrected chi connectivity index (χ0v) is 13.6. The van der Waals surface area contributed by atoms with E-state index in [1.54, 1.807) is 7.11 Å². The number of nitrogens with zero attached hydrogens (tertiary/aromatic N) is 2. The summed E-state index contributed by atoms with van der Waals surface area (Å²) in [6, 6.07) is 11.9. The monoisotopic (exact) mass is 308 g/mol. The molecule has 1 heterocycles. The van der Waals surface area contributed by atoms with Crippen LogP contribution in [0.3, 0.4) is 0 Å². The van der Waals surface area contributed by atoms with Gasteiger partial charge in [0.15, 0.2) is 0 Å². The summed E-state index contributed by atoms with van der Waals surface area (Å²) in [7, 11) is 1.63. The van der Waals surface area contributed by atoms with Crippen LogP contribution < -0.4 is 4.74 Å². The van der Waals surface area contributed by atoms with Crippen LogP contribution in [-0.2, 0) is 13.1 Å². The van der Waals surface area contributed by atoms with Crippen molar-refractivity contribution >= 4 is 0 Å². The van der Waals surface area contributed by atoms with Gasteiger partial charge >= 0.3 is 0 Å². The zero-order chi connectivity index (χ0) is 16.6. The summed E-state index contributed by atoms with van der Waals surface area (Å²) >= 11 is 0. The molecule has 0 aliphatic carbocycles. The SMILES string of the molecule is COc1cc(C)cc(C)c1C(O)N1Cc2ccc(C#N)cc2C1. The average molecular weight is 308 g/mol. The Kier molecular flexibility index (Phi) is 4.08. The number of hydrogen-bond donors (Lipinski definition) is 1. The van der Waals surface area contributed by atoms with Crippen LogP contribution in [0.2, 0.25) is 0 Å². The molecule has 2 aromatic carbocycles. The van der Waals surface area contributed by atoms with Crippen LogP contribution in [0.25, 0.3) is 0 Å². The maximum Gasteiger partial charge on any atom is 0.138 e. The van der Waals surface area contributed by atoms with Crippen molar-refractivity contribution in [3.8, 4) is 11.8 Å². The van der Waals surface area contributed by atoms with Crippen molar-refractivity contribution < 1.29 is 9.84 Å². The fourth-order valence-electron chi connectivity index (χ4n) is 3.29. The van der Waals surface area contributed by atoms with E-state index in [4.69, 9.17) is 10.00 Å². The number of aryl methyl sites for hydroxylation is 2. The normalized spacial score (nSPS) is 15.1. The van der Waals surface area contributed by atoms with Gasteiger partial charge in [-0.25, -0.2) is 0 Å². The lowest BCUT2D eigenvalue weighted by atomic mass is 10.0. The van der Waals surface area contributed by atoms with E-state index in [-0.39, 0.29) is 0 Å². The first-order valence-electron chi connectivity index (χ1n) is 7.62. The smallest absolute Gasteiger partial charge is 0.138 e. The Bertz CT molecular complexity index is 793. The highest BCUT2D eigenvalue weighted by molar-refractivity contribution is 5.45. The lowest BCUT2D eigenvalue weighted by Crippen LogP contribution is -2.24. The molecule has 0 spiro atoms. The predicted octanol–water partition coefficient (Wildman–Crippen LogP) is 3.19. The minimum atomic E-state index is -0.733. The predicted molar refractivity (Wildman–Crippen MR) is 87.8 cm³/mol. The molecule has 118 valence electrons. The van der Waals surface area contributed by atoms with Gasteiger partial charge in [-0.05, 0) is 54.3 Å². The number of methoxy groups -OCH3 is 1. The lowest BCUT2D eigenvalue weighted by Gasteiger charge is -2.26. The van der Waals surface area contributed by atoms with Crippen LogP contribution in [0, 0.1) is 25.2 Å². The summed E-state index contributed by atoms with van der Waals surface area (Å²) < 4.78 is 5.47. The molecule has 1 atom stereocenters. The van der Waals surface area contributed by atoms with E-state index >= 15 is 0 Å². The first-order chi connectivity index (χ1) is 11.0. The Hall–Kier alpha value is -2.35. The van der Waals surface area contributed by atoms with Gasteiger partial charge in [-0.3, -0.25) is 4.90 Å². The molecular formula is C19H20N2O2. The molecule has 0 fully saturated rings. The number of hydrogen-bond acceptors (Lipinski definition) is 4. The number of nitriles is 1. The van der Waals surface area contributed by atoms with E-state index < -0.39 is 6.23 Å². The van der Waals surface area contributed by atoms with Gasteiger partial charge < -0.3 is 9.84 Å². The second-order valence-corrected chi connectivity index (χ2v) is 6.07. The number of aliphatic hydroxyl groups excluding tert-OH is 1. The highest BCUT2D eigenvalue weighted by Gasteiger charge is 2.28. The van der Waals surface area contributed by atoms with Gasteiger partial charge in [0, 0.05) is 18.7 Å².